The molecular formula is C14H10BrClINO2. The molecule has 6 heteroatoms. The molecule has 0 saturated heterocycles. The number of carbonyl (C=O) groups is 1. The van der Waals surface area contributed by atoms with Gasteiger partial charge in [0, 0.05) is 9.26 Å². The van der Waals surface area contributed by atoms with Crippen molar-refractivity contribution in [2.75, 3.05) is 12.4 Å². The van der Waals surface area contributed by atoms with Crippen LogP contribution in [0.2, 0.25) is 5.02 Å². The second-order valence-electron chi connectivity index (χ2n) is 3.93. The minimum atomic E-state index is -0.245. The zero-order valence-electron chi connectivity index (χ0n) is 10.4. The SMILES string of the molecule is COc1ccc(NC(=O)c2cc(I)ccc2Cl)cc1Br. The molecule has 0 aliphatic carbocycles. The van der Waals surface area contributed by atoms with E-state index in [-0.39, 0.29) is 5.91 Å². The summed E-state index contributed by atoms with van der Waals surface area (Å²) in [6, 6.07) is 10.6. The number of benzene rings is 2. The van der Waals surface area contributed by atoms with Crippen molar-refractivity contribution in [1.29, 1.82) is 0 Å². The Kier molecular flexibility index (Phi) is 5.29. The Labute approximate surface area is 143 Å². The van der Waals surface area contributed by atoms with E-state index in [9.17, 15) is 4.79 Å². The van der Waals surface area contributed by atoms with Gasteiger partial charge in [0.15, 0.2) is 0 Å². The van der Waals surface area contributed by atoms with E-state index in [0.717, 1.165) is 8.04 Å². The highest BCUT2D eigenvalue weighted by molar-refractivity contribution is 14.1. The number of halogens is 3. The van der Waals surface area contributed by atoms with E-state index in [1.807, 2.05) is 6.07 Å². The van der Waals surface area contributed by atoms with Crippen molar-refractivity contribution < 1.29 is 9.53 Å². The van der Waals surface area contributed by atoms with Crippen LogP contribution in [0.1, 0.15) is 10.4 Å². The monoisotopic (exact) mass is 465 g/mol. The predicted octanol–water partition coefficient (Wildman–Crippen LogP) is 4.97. The minimum Gasteiger partial charge on any atom is -0.496 e. The average molecular weight is 467 g/mol. The van der Waals surface area contributed by atoms with Crippen LogP contribution in [0.4, 0.5) is 5.69 Å². The van der Waals surface area contributed by atoms with Crippen LogP contribution in [-0.4, -0.2) is 13.0 Å². The lowest BCUT2D eigenvalue weighted by Crippen LogP contribution is -2.12. The van der Waals surface area contributed by atoms with Crippen LogP contribution in [0.15, 0.2) is 40.9 Å². The van der Waals surface area contributed by atoms with Crippen molar-refractivity contribution in [2.45, 2.75) is 0 Å². The minimum absolute atomic E-state index is 0.245. The smallest absolute Gasteiger partial charge is 0.257 e. The molecule has 0 aromatic heterocycles. The molecule has 0 unspecified atom stereocenters. The highest BCUT2D eigenvalue weighted by Crippen LogP contribution is 2.28. The highest BCUT2D eigenvalue weighted by Gasteiger charge is 2.12. The van der Waals surface area contributed by atoms with E-state index >= 15 is 0 Å². The predicted molar refractivity (Wildman–Crippen MR) is 92.8 cm³/mol. The van der Waals surface area contributed by atoms with Gasteiger partial charge in [-0.05, 0) is 74.9 Å². The van der Waals surface area contributed by atoms with Gasteiger partial charge >= 0.3 is 0 Å². The number of methoxy groups -OCH3 is 1. The fraction of sp³-hybridized carbons (Fsp3) is 0.0714. The lowest BCUT2D eigenvalue weighted by atomic mass is 10.2. The number of amides is 1. The van der Waals surface area contributed by atoms with Gasteiger partial charge in [-0.1, -0.05) is 11.6 Å². The second-order valence-corrected chi connectivity index (χ2v) is 6.43. The zero-order chi connectivity index (χ0) is 14.7. The van der Waals surface area contributed by atoms with E-state index in [4.69, 9.17) is 16.3 Å². The third-order valence-corrected chi connectivity index (χ3v) is 4.20. The molecule has 1 N–H and O–H groups in total. The van der Waals surface area contributed by atoms with Gasteiger partial charge in [-0.2, -0.15) is 0 Å². The lowest BCUT2D eigenvalue weighted by Gasteiger charge is -2.09. The van der Waals surface area contributed by atoms with Gasteiger partial charge in [-0.15, -0.1) is 0 Å². The van der Waals surface area contributed by atoms with E-state index in [2.05, 4.69) is 43.8 Å². The second kappa shape index (κ2) is 6.78. The molecule has 0 atom stereocenters. The maximum absolute atomic E-state index is 12.2. The summed E-state index contributed by atoms with van der Waals surface area (Å²) in [5.74, 6) is 0.459. The summed E-state index contributed by atoms with van der Waals surface area (Å²) in [6.45, 7) is 0. The zero-order valence-corrected chi connectivity index (χ0v) is 14.9. The number of carbonyl (C=O) groups excluding carboxylic acids is 1. The number of hydrogen-bond acceptors (Lipinski definition) is 2. The molecule has 1 amide bonds. The summed E-state index contributed by atoms with van der Waals surface area (Å²) in [7, 11) is 1.59. The fourth-order valence-electron chi connectivity index (χ4n) is 1.61. The molecule has 0 aliphatic rings. The Bertz CT molecular complexity index is 664. The largest absolute Gasteiger partial charge is 0.496 e. The van der Waals surface area contributed by atoms with Gasteiger partial charge in [0.1, 0.15) is 5.75 Å². The van der Waals surface area contributed by atoms with Crippen molar-refractivity contribution >= 4 is 61.7 Å². The molecule has 2 aromatic carbocycles. The lowest BCUT2D eigenvalue weighted by molar-refractivity contribution is 0.102. The normalized spacial score (nSPS) is 10.2. The number of hydrogen-bond donors (Lipinski definition) is 1. The van der Waals surface area contributed by atoms with Crippen molar-refractivity contribution in [3.63, 3.8) is 0 Å². The first-order chi connectivity index (χ1) is 9.51. The number of anilines is 1. The summed E-state index contributed by atoms with van der Waals surface area (Å²) in [4.78, 5) is 12.2. The third-order valence-electron chi connectivity index (χ3n) is 2.58. The molecule has 0 saturated carbocycles. The summed E-state index contributed by atoms with van der Waals surface area (Å²) < 4.78 is 6.86. The summed E-state index contributed by atoms with van der Waals surface area (Å²) >= 11 is 11.6. The van der Waals surface area contributed by atoms with Gasteiger partial charge < -0.3 is 10.1 Å². The molecule has 0 spiro atoms. The highest BCUT2D eigenvalue weighted by atomic mass is 127. The van der Waals surface area contributed by atoms with Crippen LogP contribution in [0.25, 0.3) is 0 Å². The van der Waals surface area contributed by atoms with Gasteiger partial charge in [-0.3, -0.25) is 4.79 Å². The average Bonchev–Trinajstić information content (AvgIpc) is 2.41. The van der Waals surface area contributed by atoms with Crippen LogP contribution in [-0.2, 0) is 0 Å². The molecule has 2 aromatic rings. The molecule has 104 valence electrons. The van der Waals surface area contributed by atoms with Crippen molar-refractivity contribution in [3.05, 3.63) is 55.0 Å². The molecular weight excluding hydrogens is 456 g/mol. The van der Waals surface area contributed by atoms with Crippen LogP contribution in [0, 0.1) is 3.57 Å². The Hall–Kier alpha value is -0.790. The third kappa shape index (κ3) is 3.65. The summed E-state index contributed by atoms with van der Waals surface area (Å²) in [6.07, 6.45) is 0. The quantitative estimate of drug-likeness (QED) is 0.649. The first-order valence-corrected chi connectivity index (χ1v) is 7.86. The molecule has 0 aliphatic heterocycles. The van der Waals surface area contributed by atoms with Gasteiger partial charge in [-0.25, -0.2) is 0 Å². The Morgan fingerprint density at radius 1 is 1.30 bits per heavy atom. The number of ether oxygens (including phenoxy) is 1. The Balaban J connectivity index is 2.23. The molecule has 0 bridgehead atoms. The standard InChI is InChI=1S/C14H10BrClINO2/c1-20-13-5-3-9(7-11(13)15)18-14(19)10-6-8(17)2-4-12(10)16/h2-7H,1H3,(H,18,19). The molecule has 20 heavy (non-hydrogen) atoms. The van der Waals surface area contributed by atoms with Gasteiger partial charge in [0.05, 0.1) is 22.2 Å². The van der Waals surface area contributed by atoms with E-state index in [1.54, 1.807) is 37.4 Å². The summed E-state index contributed by atoms with van der Waals surface area (Å²) in [5.41, 5.74) is 1.11. The molecule has 0 fully saturated rings. The van der Waals surface area contributed by atoms with Crippen LogP contribution < -0.4 is 10.1 Å². The van der Waals surface area contributed by atoms with Crippen molar-refractivity contribution in [2.24, 2.45) is 0 Å². The molecule has 3 nitrogen and oxygen atoms in total. The number of nitrogens with one attached hydrogen (secondary N) is 1. The summed E-state index contributed by atoms with van der Waals surface area (Å²) in [5, 5.41) is 3.23. The van der Waals surface area contributed by atoms with E-state index < -0.39 is 0 Å². The maximum atomic E-state index is 12.2. The topological polar surface area (TPSA) is 38.3 Å². The fourth-order valence-corrected chi connectivity index (χ4v) is 2.85. The molecule has 2 rings (SSSR count). The van der Waals surface area contributed by atoms with Crippen molar-refractivity contribution in [1.82, 2.24) is 0 Å². The van der Waals surface area contributed by atoms with E-state index in [0.29, 0.717) is 22.0 Å². The Morgan fingerprint density at radius 3 is 2.70 bits per heavy atom. The van der Waals surface area contributed by atoms with Crippen molar-refractivity contribution in [3.8, 4) is 5.75 Å². The molecule has 0 heterocycles. The van der Waals surface area contributed by atoms with Gasteiger partial charge in [0.2, 0.25) is 0 Å². The van der Waals surface area contributed by atoms with Crippen LogP contribution in [0.3, 0.4) is 0 Å². The molecule has 0 radical (unpaired) electrons. The first-order valence-electron chi connectivity index (χ1n) is 5.61. The Morgan fingerprint density at radius 2 is 2.05 bits per heavy atom. The maximum Gasteiger partial charge on any atom is 0.257 e. The van der Waals surface area contributed by atoms with Gasteiger partial charge in [0.25, 0.3) is 5.91 Å². The first kappa shape index (κ1) is 15.6. The van der Waals surface area contributed by atoms with E-state index in [1.165, 1.54) is 0 Å². The van der Waals surface area contributed by atoms with Crippen LogP contribution in [0.5, 0.6) is 5.75 Å². The van der Waals surface area contributed by atoms with Crippen LogP contribution >= 0.6 is 50.1 Å². The number of rotatable bonds is 3.